The van der Waals surface area contributed by atoms with Crippen molar-refractivity contribution in [2.75, 3.05) is 0 Å². The number of nitrogens with one attached hydrogen (secondary N) is 1. The van der Waals surface area contributed by atoms with Gasteiger partial charge in [-0.05, 0) is 36.6 Å². The fourth-order valence-corrected chi connectivity index (χ4v) is 1.57. The molecule has 0 fully saturated rings. The van der Waals surface area contributed by atoms with Crippen LogP contribution in [0.5, 0.6) is 5.75 Å². The second kappa shape index (κ2) is 4.65. The van der Waals surface area contributed by atoms with E-state index in [9.17, 15) is 9.90 Å². The van der Waals surface area contributed by atoms with Crippen molar-refractivity contribution in [2.24, 2.45) is 5.73 Å². The number of nitrogens with two attached hydrogens (primary N) is 1. The fraction of sp³-hybridized carbons (Fsp3) is 0.273. The molecule has 0 spiro atoms. The summed E-state index contributed by atoms with van der Waals surface area (Å²) in [5.74, 6) is 0.0489. The number of carbonyl (C=O) groups excluding carboxylic acids is 1. The molecule has 0 aliphatic rings. The third kappa shape index (κ3) is 2.31. The molecule has 0 saturated heterocycles. The van der Waals surface area contributed by atoms with E-state index in [-0.39, 0.29) is 12.4 Å². The zero-order valence-electron chi connectivity index (χ0n) is 9.20. The molecule has 0 bridgehead atoms. The molecule has 1 rings (SSSR count). The third-order valence-corrected chi connectivity index (χ3v) is 2.46. The molecule has 0 aromatic heterocycles. The monoisotopic (exact) mass is 222 g/mol. The van der Waals surface area contributed by atoms with Gasteiger partial charge in [-0.25, -0.2) is 4.79 Å². The minimum absolute atomic E-state index is 0.0489. The zero-order valence-corrected chi connectivity index (χ0v) is 9.20. The van der Waals surface area contributed by atoms with Gasteiger partial charge in [-0.1, -0.05) is 0 Å². The summed E-state index contributed by atoms with van der Waals surface area (Å²) in [5.41, 5.74) is 7.58. The highest BCUT2D eigenvalue weighted by molar-refractivity contribution is 5.84. The number of amides is 1. The van der Waals surface area contributed by atoms with Gasteiger partial charge in [0.05, 0.1) is 0 Å². The van der Waals surface area contributed by atoms with E-state index in [0.29, 0.717) is 11.1 Å². The van der Waals surface area contributed by atoms with E-state index >= 15 is 0 Å². The number of phenols is 1. The summed E-state index contributed by atoms with van der Waals surface area (Å²) in [5, 5.41) is 16.8. The maximum atomic E-state index is 10.5. The van der Waals surface area contributed by atoms with Crippen LogP contribution in [0.3, 0.4) is 0 Å². The van der Waals surface area contributed by atoms with Crippen LogP contribution < -0.4 is 5.73 Å². The highest BCUT2D eigenvalue weighted by Crippen LogP contribution is 2.26. The maximum absolute atomic E-state index is 10.5. The Bertz CT molecular complexity index is 441. The van der Waals surface area contributed by atoms with Crippen molar-refractivity contribution >= 4 is 12.3 Å². The van der Waals surface area contributed by atoms with Gasteiger partial charge < -0.3 is 21.0 Å². The second-order valence-corrected chi connectivity index (χ2v) is 3.48. The Kier molecular flexibility index (Phi) is 3.50. The molecule has 0 radical (unpaired) electrons. The van der Waals surface area contributed by atoms with Gasteiger partial charge >= 0.3 is 6.09 Å². The van der Waals surface area contributed by atoms with Crippen LogP contribution in [0.4, 0.5) is 4.79 Å². The number of hydrogen-bond acceptors (Lipinski definition) is 4. The Morgan fingerprint density at radius 3 is 2.75 bits per heavy atom. The molecule has 0 unspecified atom stereocenters. The normalized spacial score (nSPS) is 9.88. The Morgan fingerprint density at radius 1 is 1.62 bits per heavy atom. The quantitative estimate of drug-likeness (QED) is 0.677. The number of aromatic hydroxyl groups is 1. The predicted octanol–water partition coefficient (Wildman–Crippen LogP) is 1.60. The van der Waals surface area contributed by atoms with E-state index in [2.05, 4.69) is 0 Å². The van der Waals surface area contributed by atoms with Gasteiger partial charge in [-0.15, -0.1) is 0 Å². The van der Waals surface area contributed by atoms with E-state index in [1.54, 1.807) is 13.8 Å². The molecule has 86 valence electrons. The van der Waals surface area contributed by atoms with Crippen molar-refractivity contribution < 1.29 is 14.6 Å². The van der Waals surface area contributed by atoms with Gasteiger partial charge in [-0.3, -0.25) is 0 Å². The number of rotatable bonds is 3. The molecule has 0 aliphatic heterocycles. The molecular weight excluding hydrogens is 208 g/mol. The second-order valence-electron chi connectivity index (χ2n) is 3.48. The summed E-state index contributed by atoms with van der Waals surface area (Å²) in [4.78, 5) is 10.5. The molecule has 1 amide bonds. The van der Waals surface area contributed by atoms with Crippen LogP contribution >= 0.6 is 0 Å². The van der Waals surface area contributed by atoms with Crippen LogP contribution in [-0.2, 0) is 11.3 Å². The molecule has 5 heteroatoms. The smallest absolute Gasteiger partial charge is 0.404 e. The van der Waals surface area contributed by atoms with Crippen molar-refractivity contribution in [3.05, 3.63) is 28.3 Å². The molecular formula is C11H14N2O3. The lowest BCUT2D eigenvalue weighted by Gasteiger charge is -2.13. The van der Waals surface area contributed by atoms with Crippen molar-refractivity contribution in [3.8, 4) is 5.75 Å². The van der Waals surface area contributed by atoms with Gasteiger partial charge in [0.1, 0.15) is 12.4 Å². The van der Waals surface area contributed by atoms with E-state index in [1.165, 1.54) is 6.07 Å². The zero-order chi connectivity index (χ0) is 12.3. The lowest BCUT2D eigenvalue weighted by atomic mass is 9.97. The first-order valence-corrected chi connectivity index (χ1v) is 4.72. The fourth-order valence-electron chi connectivity index (χ4n) is 1.57. The number of hydrogen-bond donors (Lipinski definition) is 3. The minimum atomic E-state index is -0.844. The average Bonchev–Trinajstić information content (AvgIpc) is 2.16. The van der Waals surface area contributed by atoms with Crippen LogP contribution in [0.2, 0.25) is 0 Å². The number of benzene rings is 1. The molecule has 1 aromatic carbocycles. The van der Waals surface area contributed by atoms with Crippen molar-refractivity contribution in [1.82, 2.24) is 0 Å². The third-order valence-electron chi connectivity index (χ3n) is 2.46. The molecule has 4 N–H and O–H groups in total. The molecule has 16 heavy (non-hydrogen) atoms. The van der Waals surface area contributed by atoms with Gasteiger partial charge in [0.25, 0.3) is 0 Å². The van der Waals surface area contributed by atoms with E-state index in [1.807, 2.05) is 0 Å². The highest BCUT2D eigenvalue weighted by atomic mass is 16.5. The van der Waals surface area contributed by atoms with Crippen LogP contribution in [0, 0.1) is 19.3 Å². The average molecular weight is 222 g/mol. The first-order valence-electron chi connectivity index (χ1n) is 4.72. The van der Waals surface area contributed by atoms with E-state index in [4.69, 9.17) is 15.9 Å². The highest BCUT2D eigenvalue weighted by Gasteiger charge is 2.12. The molecule has 0 saturated carbocycles. The SMILES string of the molecule is Cc1cc(O)c(C=N)c(C)c1COC(N)=O. The summed E-state index contributed by atoms with van der Waals surface area (Å²) < 4.78 is 4.71. The van der Waals surface area contributed by atoms with Gasteiger partial charge in [0.15, 0.2) is 0 Å². The standard InChI is InChI=1S/C11H14N2O3/c1-6-3-10(14)8(4-12)7(2)9(6)5-16-11(13)15/h3-4,12,14H,5H2,1-2H3,(H2,13,15). The van der Waals surface area contributed by atoms with E-state index < -0.39 is 6.09 Å². The van der Waals surface area contributed by atoms with Gasteiger partial charge in [0, 0.05) is 11.8 Å². The number of aryl methyl sites for hydroxylation is 1. The molecule has 1 aromatic rings. The summed E-state index contributed by atoms with van der Waals surface area (Å²) in [7, 11) is 0. The topological polar surface area (TPSA) is 96.4 Å². The summed E-state index contributed by atoms with van der Waals surface area (Å²) in [6.45, 7) is 3.60. The Hall–Kier alpha value is -2.04. The number of ether oxygens (including phenoxy) is 1. The molecule has 0 heterocycles. The minimum Gasteiger partial charge on any atom is -0.507 e. The van der Waals surface area contributed by atoms with Crippen molar-refractivity contribution in [2.45, 2.75) is 20.5 Å². The molecule has 0 atom stereocenters. The largest absolute Gasteiger partial charge is 0.507 e. The van der Waals surface area contributed by atoms with Crippen LogP contribution in [0.25, 0.3) is 0 Å². The lowest BCUT2D eigenvalue weighted by Crippen LogP contribution is -2.14. The first kappa shape index (κ1) is 12.0. The Labute approximate surface area is 93.4 Å². The van der Waals surface area contributed by atoms with Gasteiger partial charge in [-0.2, -0.15) is 0 Å². The number of primary amides is 1. The van der Waals surface area contributed by atoms with Crippen LogP contribution in [-0.4, -0.2) is 17.4 Å². The first-order chi connectivity index (χ1) is 7.47. The molecule has 0 aliphatic carbocycles. The Balaban J connectivity index is 3.17. The van der Waals surface area contributed by atoms with Gasteiger partial charge in [0.2, 0.25) is 0 Å². The lowest BCUT2D eigenvalue weighted by molar-refractivity contribution is 0.150. The van der Waals surface area contributed by atoms with E-state index in [0.717, 1.165) is 17.3 Å². The molecule has 5 nitrogen and oxygen atoms in total. The summed E-state index contributed by atoms with van der Waals surface area (Å²) in [6, 6.07) is 1.53. The number of phenolic OH excluding ortho intramolecular Hbond substituents is 1. The van der Waals surface area contributed by atoms with Crippen LogP contribution in [0.1, 0.15) is 22.3 Å². The summed E-state index contributed by atoms with van der Waals surface area (Å²) >= 11 is 0. The van der Waals surface area contributed by atoms with Crippen molar-refractivity contribution in [3.63, 3.8) is 0 Å². The van der Waals surface area contributed by atoms with Crippen LogP contribution in [0.15, 0.2) is 6.07 Å². The maximum Gasteiger partial charge on any atom is 0.404 e. The Morgan fingerprint density at radius 2 is 2.25 bits per heavy atom. The number of carbonyl (C=O) groups is 1. The van der Waals surface area contributed by atoms with Crippen molar-refractivity contribution in [1.29, 1.82) is 5.41 Å². The predicted molar refractivity (Wildman–Crippen MR) is 59.8 cm³/mol. The summed E-state index contributed by atoms with van der Waals surface area (Å²) in [6.07, 6.45) is 0.223.